The lowest BCUT2D eigenvalue weighted by molar-refractivity contribution is -0.119. The predicted octanol–water partition coefficient (Wildman–Crippen LogP) is 3.19. The molecule has 3 aromatic rings. The molecule has 1 unspecified atom stereocenters. The van der Waals surface area contributed by atoms with Crippen LogP contribution in [-0.4, -0.2) is 18.4 Å². The van der Waals surface area contributed by atoms with E-state index < -0.39 is 5.91 Å². The highest BCUT2D eigenvalue weighted by Crippen LogP contribution is 2.25. The first kappa shape index (κ1) is 17.5. The highest BCUT2D eigenvalue weighted by atomic mass is 16.5. The molecule has 0 aromatic heterocycles. The number of carbonyl (C=O) groups excluding carboxylic acids is 2. The third kappa shape index (κ3) is 3.83. The molecule has 1 atom stereocenters. The average molecular weight is 348 g/mol. The first-order valence-electron chi connectivity index (χ1n) is 8.35. The molecule has 0 fully saturated rings. The molecular weight excluding hydrogens is 328 g/mol. The summed E-state index contributed by atoms with van der Waals surface area (Å²) in [5, 5.41) is 5.22. The standard InChI is InChI=1S/C21H20N2O3/c1-14(16-11-6-8-15-7-2-3-9-17(15)16)23-21(25)18-10-4-5-12-19(18)26-13-20(22)24/h2-12,14H,13H2,1H3,(H2,22,24)(H,23,25). The molecule has 0 radical (unpaired) electrons. The summed E-state index contributed by atoms with van der Waals surface area (Å²) >= 11 is 0. The molecule has 132 valence electrons. The van der Waals surface area contributed by atoms with Crippen molar-refractivity contribution >= 4 is 22.6 Å². The van der Waals surface area contributed by atoms with E-state index in [2.05, 4.69) is 5.32 Å². The van der Waals surface area contributed by atoms with Crippen LogP contribution in [0.2, 0.25) is 0 Å². The topological polar surface area (TPSA) is 81.4 Å². The van der Waals surface area contributed by atoms with Crippen LogP contribution in [0.4, 0.5) is 0 Å². The van der Waals surface area contributed by atoms with Crippen molar-refractivity contribution in [1.82, 2.24) is 5.32 Å². The Kier molecular flexibility index (Phi) is 5.17. The number of carbonyl (C=O) groups is 2. The average Bonchev–Trinajstić information content (AvgIpc) is 2.66. The molecule has 0 bridgehead atoms. The van der Waals surface area contributed by atoms with E-state index >= 15 is 0 Å². The van der Waals surface area contributed by atoms with Crippen molar-refractivity contribution in [3.05, 3.63) is 77.9 Å². The highest BCUT2D eigenvalue weighted by molar-refractivity contribution is 5.97. The van der Waals surface area contributed by atoms with Gasteiger partial charge >= 0.3 is 0 Å². The number of benzene rings is 3. The second-order valence-electron chi connectivity index (χ2n) is 6.01. The summed E-state index contributed by atoms with van der Waals surface area (Å²) in [5.74, 6) is -0.538. The van der Waals surface area contributed by atoms with E-state index in [9.17, 15) is 9.59 Å². The maximum absolute atomic E-state index is 12.7. The number of primary amides is 1. The Balaban J connectivity index is 1.82. The molecule has 3 aromatic carbocycles. The molecule has 0 aliphatic carbocycles. The van der Waals surface area contributed by atoms with Gasteiger partial charge in [0, 0.05) is 0 Å². The molecule has 3 rings (SSSR count). The number of hydrogen-bond donors (Lipinski definition) is 2. The fourth-order valence-electron chi connectivity index (χ4n) is 2.91. The van der Waals surface area contributed by atoms with Crippen LogP contribution in [0.1, 0.15) is 28.9 Å². The van der Waals surface area contributed by atoms with E-state index in [1.807, 2.05) is 49.4 Å². The number of nitrogens with two attached hydrogens (primary N) is 1. The molecule has 0 heterocycles. The van der Waals surface area contributed by atoms with Gasteiger partial charge in [-0.15, -0.1) is 0 Å². The summed E-state index contributed by atoms with van der Waals surface area (Å²) in [7, 11) is 0. The maximum atomic E-state index is 12.7. The first-order valence-corrected chi connectivity index (χ1v) is 8.35. The Hall–Kier alpha value is -3.34. The molecule has 5 nitrogen and oxygen atoms in total. The summed E-state index contributed by atoms with van der Waals surface area (Å²) < 4.78 is 5.34. The van der Waals surface area contributed by atoms with Crippen LogP contribution in [0, 0.1) is 0 Å². The number of ether oxygens (including phenoxy) is 1. The van der Waals surface area contributed by atoms with Gasteiger partial charge in [0.25, 0.3) is 11.8 Å². The lowest BCUT2D eigenvalue weighted by atomic mass is 9.99. The van der Waals surface area contributed by atoms with Crippen molar-refractivity contribution in [2.45, 2.75) is 13.0 Å². The number of para-hydroxylation sites is 1. The molecule has 5 heteroatoms. The van der Waals surface area contributed by atoms with Gasteiger partial charge in [-0.2, -0.15) is 0 Å². The molecule has 0 saturated carbocycles. The van der Waals surface area contributed by atoms with Gasteiger partial charge in [0.2, 0.25) is 0 Å². The van der Waals surface area contributed by atoms with Crippen LogP contribution in [0.15, 0.2) is 66.7 Å². The zero-order valence-electron chi connectivity index (χ0n) is 14.4. The van der Waals surface area contributed by atoms with Crippen molar-refractivity contribution in [1.29, 1.82) is 0 Å². The Labute approximate surface area is 151 Å². The molecule has 3 N–H and O–H groups in total. The van der Waals surface area contributed by atoms with E-state index in [1.165, 1.54) is 0 Å². The van der Waals surface area contributed by atoms with Gasteiger partial charge in [0.05, 0.1) is 11.6 Å². The van der Waals surface area contributed by atoms with Gasteiger partial charge in [0.1, 0.15) is 5.75 Å². The lowest BCUT2D eigenvalue weighted by Gasteiger charge is -2.18. The van der Waals surface area contributed by atoms with Crippen LogP contribution in [0.3, 0.4) is 0 Å². The number of hydrogen-bond acceptors (Lipinski definition) is 3. The first-order chi connectivity index (χ1) is 12.6. The summed E-state index contributed by atoms with van der Waals surface area (Å²) in [6.07, 6.45) is 0. The largest absolute Gasteiger partial charge is 0.483 e. The lowest BCUT2D eigenvalue weighted by Crippen LogP contribution is -2.28. The Morgan fingerprint density at radius 1 is 1.00 bits per heavy atom. The zero-order chi connectivity index (χ0) is 18.5. The summed E-state index contributed by atoms with van der Waals surface area (Å²) in [6, 6.07) is 20.6. The molecule has 2 amide bonds. The van der Waals surface area contributed by atoms with Crippen LogP contribution in [0.25, 0.3) is 10.8 Å². The number of nitrogens with one attached hydrogen (secondary N) is 1. The Morgan fingerprint density at radius 2 is 1.69 bits per heavy atom. The summed E-state index contributed by atoms with van der Waals surface area (Å²) in [6.45, 7) is 1.66. The Morgan fingerprint density at radius 3 is 2.50 bits per heavy atom. The predicted molar refractivity (Wildman–Crippen MR) is 101 cm³/mol. The van der Waals surface area contributed by atoms with Crippen molar-refractivity contribution in [2.24, 2.45) is 5.73 Å². The molecule has 26 heavy (non-hydrogen) atoms. The second-order valence-corrected chi connectivity index (χ2v) is 6.01. The normalized spacial score (nSPS) is 11.7. The number of fused-ring (bicyclic) bond motifs is 1. The maximum Gasteiger partial charge on any atom is 0.255 e. The zero-order valence-corrected chi connectivity index (χ0v) is 14.4. The number of amides is 2. The van der Waals surface area contributed by atoms with Crippen LogP contribution in [0.5, 0.6) is 5.75 Å². The van der Waals surface area contributed by atoms with E-state index in [0.717, 1.165) is 16.3 Å². The number of rotatable bonds is 6. The summed E-state index contributed by atoms with van der Waals surface area (Å²) in [5.41, 5.74) is 6.51. The third-order valence-electron chi connectivity index (χ3n) is 4.14. The second kappa shape index (κ2) is 7.70. The highest BCUT2D eigenvalue weighted by Gasteiger charge is 2.17. The van der Waals surface area contributed by atoms with Gasteiger partial charge in [-0.25, -0.2) is 0 Å². The van der Waals surface area contributed by atoms with Crippen molar-refractivity contribution in [2.75, 3.05) is 6.61 Å². The van der Waals surface area contributed by atoms with Gasteiger partial charge in [0.15, 0.2) is 6.61 Å². The van der Waals surface area contributed by atoms with Crippen molar-refractivity contribution in [3.8, 4) is 5.75 Å². The minimum atomic E-state index is -0.593. The molecule has 0 saturated heterocycles. The van der Waals surface area contributed by atoms with Gasteiger partial charge in [-0.1, -0.05) is 54.6 Å². The fourth-order valence-corrected chi connectivity index (χ4v) is 2.91. The van der Waals surface area contributed by atoms with Crippen LogP contribution < -0.4 is 15.8 Å². The minimum absolute atomic E-state index is 0.196. The van der Waals surface area contributed by atoms with Crippen LogP contribution >= 0.6 is 0 Å². The van der Waals surface area contributed by atoms with E-state index in [0.29, 0.717) is 11.3 Å². The molecule has 0 aliphatic rings. The van der Waals surface area contributed by atoms with Gasteiger partial charge < -0.3 is 15.8 Å². The SMILES string of the molecule is CC(NC(=O)c1ccccc1OCC(N)=O)c1cccc2ccccc12. The molecule has 0 spiro atoms. The molecule has 0 aliphatic heterocycles. The van der Waals surface area contributed by atoms with Gasteiger partial charge in [-0.05, 0) is 35.4 Å². The van der Waals surface area contributed by atoms with E-state index in [4.69, 9.17) is 10.5 Å². The smallest absolute Gasteiger partial charge is 0.255 e. The third-order valence-corrected chi connectivity index (χ3v) is 4.14. The fraction of sp³-hybridized carbons (Fsp3) is 0.143. The molecular formula is C21H20N2O3. The van der Waals surface area contributed by atoms with E-state index in [1.54, 1.807) is 24.3 Å². The quantitative estimate of drug-likeness (QED) is 0.718. The van der Waals surface area contributed by atoms with Gasteiger partial charge in [-0.3, -0.25) is 9.59 Å². The van der Waals surface area contributed by atoms with Crippen molar-refractivity contribution in [3.63, 3.8) is 0 Å². The minimum Gasteiger partial charge on any atom is -0.483 e. The monoisotopic (exact) mass is 348 g/mol. The van der Waals surface area contributed by atoms with E-state index in [-0.39, 0.29) is 18.6 Å². The summed E-state index contributed by atoms with van der Waals surface area (Å²) in [4.78, 5) is 23.7. The van der Waals surface area contributed by atoms with Crippen LogP contribution in [-0.2, 0) is 4.79 Å². The van der Waals surface area contributed by atoms with Crippen molar-refractivity contribution < 1.29 is 14.3 Å². The Bertz CT molecular complexity index is 947.